The van der Waals surface area contributed by atoms with Crippen molar-refractivity contribution >= 4 is 11.8 Å². The van der Waals surface area contributed by atoms with Crippen molar-refractivity contribution in [2.75, 3.05) is 13.7 Å². The van der Waals surface area contributed by atoms with Crippen LogP contribution in [0.15, 0.2) is 12.2 Å². The number of allylic oxidation sites excluding steroid dienone is 1. The number of ketones is 1. The SMILES string of the molecule is [2H]C([2H])(C(=O)OC)[C@H]1CCC(=O)[C@@H]1C/C=C\CCO. The maximum absolute atomic E-state index is 11.8. The van der Waals surface area contributed by atoms with Crippen molar-refractivity contribution in [3.8, 4) is 0 Å². The summed E-state index contributed by atoms with van der Waals surface area (Å²) in [6.07, 6.45) is 2.99. The predicted octanol–water partition coefficient (Wildman–Crippen LogP) is 1.47. The third-order valence-electron chi connectivity index (χ3n) is 2.94. The van der Waals surface area contributed by atoms with Gasteiger partial charge < -0.3 is 9.84 Å². The Hall–Kier alpha value is -1.16. The average Bonchev–Trinajstić information content (AvgIpc) is 2.75. The molecule has 0 unspecified atom stereocenters. The molecule has 0 aromatic rings. The Kier molecular flexibility index (Phi) is 4.66. The molecule has 0 aromatic carbocycles. The lowest BCUT2D eigenvalue weighted by Crippen LogP contribution is -2.18. The van der Waals surface area contributed by atoms with Gasteiger partial charge in [-0.2, -0.15) is 0 Å². The number of esters is 1. The van der Waals surface area contributed by atoms with Gasteiger partial charge in [0.2, 0.25) is 0 Å². The minimum atomic E-state index is -2.13. The van der Waals surface area contributed by atoms with Crippen LogP contribution in [0.4, 0.5) is 0 Å². The molecule has 0 aliphatic heterocycles. The molecule has 1 N–H and O–H groups in total. The molecule has 0 saturated heterocycles. The van der Waals surface area contributed by atoms with E-state index >= 15 is 0 Å². The van der Waals surface area contributed by atoms with Gasteiger partial charge in [0.15, 0.2) is 0 Å². The highest BCUT2D eigenvalue weighted by Crippen LogP contribution is 2.34. The number of methoxy groups -OCH3 is 1. The standard InChI is InChI=1S/C13H20O4/c1-17-13(16)9-10-6-7-12(15)11(10)5-3-2-4-8-14/h2-3,10-11,14H,4-9H2,1H3/b3-2-/t10-,11-/m1/s1/i9D2. The molecule has 1 rings (SSSR count). The van der Waals surface area contributed by atoms with Gasteiger partial charge in [-0.1, -0.05) is 12.2 Å². The van der Waals surface area contributed by atoms with Gasteiger partial charge in [-0.25, -0.2) is 0 Å². The zero-order valence-corrected chi connectivity index (χ0v) is 10.0. The molecule has 0 bridgehead atoms. The fraction of sp³-hybridized carbons (Fsp3) is 0.692. The van der Waals surface area contributed by atoms with Gasteiger partial charge in [0.25, 0.3) is 0 Å². The molecule has 4 heteroatoms. The maximum atomic E-state index is 11.8. The van der Waals surface area contributed by atoms with Gasteiger partial charge in [0.1, 0.15) is 5.78 Å². The molecule has 0 amide bonds. The molecule has 96 valence electrons. The Morgan fingerprint density at radius 3 is 3.06 bits per heavy atom. The van der Waals surface area contributed by atoms with Crippen molar-refractivity contribution in [3.05, 3.63) is 12.2 Å². The summed E-state index contributed by atoms with van der Waals surface area (Å²) in [5.74, 6) is -2.04. The number of carbonyl (C=O) groups excluding carboxylic acids is 2. The Balaban J connectivity index is 2.76. The molecule has 0 aromatic heterocycles. The smallest absolute Gasteiger partial charge is 0.305 e. The minimum absolute atomic E-state index is 0.00794. The lowest BCUT2D eigenvalue weighted by atomic mass is 9.89. The lowest BCUT2D eigenvalue weighted by molar-refractivity contribution is -0.142. The van der Waals surface area contributed by atoms with E-state index in [1.807, 2.05) is 0 Å². The molecule has 1 fully saturated rings. The number of rotatable bonds is 6. The maximum Gasteiger partial charge on any atom is 0.305 e. The summed E-state index contributed by atoms with van der Waals surface area (Å²) in [5.41, 5.74) is 0. The number of aliphatic hydroxyl groups excluding tert-OH is 1. The number of Topliss-reactive ketones (excluding diaryl/α,β-unsaturated/α-hetero) is 1. The summed E-state index contributed by atoms with van der Waals surface area (Å²) in [5, 5.41) is 8.66. The largest absolute Gasteiger partial charge is 0.469 e. The van der Waals surface area contributed by atoms with Crippen LogP contribution < -0.4 is 0 Å². The molecule has 1 aliphatic carbocycles. The molecule has 1 saturated carbocycles. The van der Waals surface area contributed by atoms with Crippen molar-refractivity contribution in [2.45, 2.75) is 32.1 Å². The van der Waals surface area contributed by atoms with Crippen LogP contribution in [0.1, 0.15) is 34.8 Å². The van der Waals surface area contributed by atoms with E-state index in [4.69, 9.17) is 7.85 Å². The second-order valence-electron chi connectivity index (χ2n) is 4.07. The monoisotopic (exact) mass is 242 g/mol. The highest BCUT2D eigenvalue weighted by molar-refractivity contribution is 5.84. The topological polar surface area (TPSA) is 63.6 Å². The highest BCUT2D eigenvalue weighted by atomic mass is 16.5. The Morgan fingerprint density at radius 1 is 1.65 bits per heavy atom. The van der Waals surface area contributed by atoms with E-state index in [1.54, 1.807) is 12.2 Å². The zero-order chi connectivity index (χ0) is 14.5. The minimum Gasteiger partial charge on any atom is -0.469 e. The van der Waals surface area contributed by atoms with Crippen LogP contribution in [0, 0.1) is 11.8 Å². The molecular formula is C13H20O4. The van der Waals surface area contributed by atoms with Crippen LogP contribution in [-0.4, -0.2) is 30.6 Å². The van der Waals surface area contributed by atoms with Crippen LogP contribution in [0.2, 0.25) is 0 Å². The molecule has 2 atom stereocenters. The normalized spacial score (nSPS) is 27.1. The molecule has 0 radical (unpaired) electrons. The van der Waals surface area contributed by atoms with Gasteiger partial charge in [-0.3, -0.25) is 9.59 Å². The van der Waals surface area contributed by atoms with E-state index in [9.17, 15) is 9.59 Å². The molecule has 0 heterocycles. The fourth-order valence-corrected chi connectivity index (χ4v) is 2.02. The van der Waals surface area contributed by atoms with E-state index in [0.717, 1.165) is 7.11 Å². The van der Waals surface area contributed by atoms with Crippen molar-refractivity contribution < 1.29 is 22.2 Å². The van der Waals surface area contributed by atoms with E-state index in [2.05, 4.69) is 4.74 Å². The summed E-state index contributed by atoms with van der Waals surface area (Å²) in [6.45, 7) is 0.0432. The molecule has 1 aliphatic rings. The molecule has 17 heavy (non-hydrogen) atoms. The van der Waals surface area contributed by atoms with Gasteiger partial charge in [0.05, 0.1) is 7.11 Å². The van der Waals surface area contributed by atoms with Crippen molar-refractivity contribution in [1.29, 1.82) is 0 Å². The first kappa shape index (κ1) is 11.0. The molecule has 0 spiro atoms. The van der Waals surface area contributed by atoms with Crippen LogP contribution in [0.25, 0.3) is 0 Å². The number of hydrogen-bond acceptors (Lipinski definition) is 4. The zero-order valence-electron chi connectivity index (χ0n) is 12.0. The van der Waals surface area contributed by atoms with Gasteiger partial charge in [0, 0.05) is 28.1 Å². The van der Waals surface area contributed by atoms with Crippen LogP contribution in [0.5, 0.6) is 0 Å². The average molecular weight is 242 g/mol. The predicted molar refractivity (Wildman–Crippen MR) is 63.3 cm³/mol. The Labute approximate surface area is 104 Å². The third kappa shape index (κ3) is 4.30. The van der Waals surface area contributed by atoms with Crippen LogP contribution in [-0.2, 0) is 14.3 Å². The Bertz CT molecular complexity index is 366. The number of hydrogen-bond donors (Lipinski definition) is 1. The first-order chi connectivity index (χ1) is 8.95. The first-order valence-electron chi connectivity index (χ1n) is 6.82. The summed E-state index contributed by atoms with van der Waals surface area (Å²) in [6, 6.07) is 0. The van der Waals surface area contributed by atoms with Crippen LogP contribution >= 0.6 is 0 Å². The van der Waals surface area contributed by atoms with E-state index in [-0.39, 0.29) is 12.4 Å². The van der Waals surface area contributed by atoms with Crippen molar-refractivity contribution in [3.63, 3.8) is 0 Å². The van der Waals surface area contributed by atoms with Gasteiger partial charge in [-0.15, -0.1) is 0 Å². The van der Waals surface area contributed by atoms with E-state index in [0.29, 0.717) is 25.7 Å². The second kappa shape index (κ2) is 7.22. The summed E-state index contributed by atoms with van der Waals surface area (Å²) < 4.78 is 20.2. The van der Waals surface area contributed by atoms with E-state index in [1.165, 1.54) is 0 Å². The second-order valence-corrected chi connectivity index (χ2v) is 4.07. The Morgan fingerprint density at radius 2 is 2.41 bits per heavy atom. The molecular weight excluding hydrogens is 220 g/mol. The summed E-state index contributed by atoms with van der Waals surface area (Å²) in [7, 11) is 1.15. The molecule has 4 nitrogen and oxygen atoms in total. The van der Waals surface area contributed by atoms with Crippen molar-refractivity contribution in [1.82, 2.24) is 0 Å². The van der Waals surface area contributed by atoms with E-state index < -0.39 is 24.2 Å². The lowest BCUT2D eigenvalue weighted by Gasteiger charge is -2.15. The summed E-state index contributed by atoms with van der Waals surface area (Å²) in [4.78, 5) is 23.3. The fourth-order valence-electron chi connectivity index (χ4n) is 2.02. The first-order valence-corrected chi connectivity index (χ1v) is 5.82. The van der Waals surface area contributed by atoms with Crippen LogP contribution in [0.3, 0.4) is 0 Å². The van der Waals surface area contributed by atoms with Crippen molar-refractivity contribution in [2.24, 2.45) is 11.8 Å². The number of ether oxygens (including phenoxy) is 1. The summed E-state index contributed by atoms with van der Waals surface area (Å²) >= 11 is 0. The quantitative estimate of drug-likeness (QED) is 0.566. The third-order valence-corrected chi connectivity index (χ3v) is 2.94. The number of carbonyl (C=O) groups is 2. The number of aliphatic hydroxyl groups is 1. The van der Waals surface area contributed by atoms with Gasteiger partial charge in [-0.05, 0) is 25.2 Å². The van der Waals surface area contributed by atoms with Gasteiger partial charge >= 0.3 is 5.97 Å². The highest BCUT2D eigenvalue weighted by Gasteiger charge is 2.34.